The van der Waals surface area contributed by atoms with Crippen LogP contribution in [0, 0.1) is 58.2 Å². The zero-order valence-electron chi connectivity index (χ0n) is 29.1. The van der Waals surface area contributed by atoms with Gasteiger partial charge in [0.1, 0.15) is 30.2 Å². The SMILES string of the molecule is CC(=O)O[C@H]([C@@H](C)[C@H]1CC[C@H]2[C@@H]3CC(=O)[C@H]4C[C@H](OC(C)=O)[C@H](OC(C)=O)C[C@]4(C)[C@H]3CC[C@]12C)[C@H](OC(C)=O)[C@@H](C)C(C)C. The van der Waals surface area contributed by atoms with Crippen LogP contribution in [0.25, 0.3) is 0 Å². The van der Waals surface area contributed by atoms with Gasteiger partial charge < -0.3 is 18.9 Å². The summed E-state index contributed by atoms with van der Waals surface area (Å²) in [5, 5.41) is 0. The molecule has 0 heterocycles. The lowest BCUT2D eigenvalue weighted by molar-refractivity contribution is -0.197. The van der Waals surface area contributed by atoms with Crippen molar-refractivity contribution in [1.29, 1.82) is 0 Å². The van der Waals surface area contributed by atoms with E-state index in [0.29, 0.717) is 25.2 Å². The Morgan fingerprint density at radius 2 is 1.29 bits per heavy atom. The van der Waals surface area contributed by atoms with Gasteiger partial charge >= 0.3 is 23.9 Å². The summed E-state index contributed by atoms with van der Waals surface area (Å²) >= 11 is 0. The van der Waals surface area contributed by atoms with E-state index in [-0.39, 0.29) is 70.0 Å². The van der Waals surface area contributed by atoms with Crippen molar-refractivity contribution in [2.24, 2.45) is 58.2 Å². The highest BCUT2D eigenvalue weighted by molar-refractivity contribution is 5.83. The summed E-state index contributed by atoms with van der Waals surface area (Å²) in [5.74, 6) is -0.475. The molecular weight excluding hydrogens is 576 g/mol. The van der Waals surface area contributed by atoms with Crippen molar-refractivity contribution < 1.29 is 42.9 Å². The minimum Gasteiger partial charge on any atom is -0.459 e. The van der Waals surface area contributed by atoms with Gasteiger partial charge in [-0.15, -0.1) is 0 Å². The van der Waals surface area contributed by atoms with E-state index in [2.05, 4.69) is 41.5 Å². The molecule has 0 unspecified atom stereocenters. The number of Topliss-reactive ketones (excluding diaryl/α,β-unsaturated/α-hetero) is 1. The Labute approximate surface area is 269 Å². The van der Waals surface area contributed by atoms with Gasteiger partial charge in [-0.3, -0.25) is 24.0 Å². The fraction of sp³-hybridized carbons (Fsp3) is 0.861. The van der Waals surface area contributed by atoms with Crippen LogP contribution in [0.4, 0.5) is 0 Å². The van der Waals surface area contributed by atoms with E-state index in [1.54, 1.807) is 0 Å². The second-order valence-electron chi connectivity index (χ2n) is 15.7. The average molecular weight is 633 g/mol. The lowest BCUT2D eigenvalue weighted by Crippen LogP contribution is -2.60. The van der Waals surface area contributed by atoms with E-state index in [1.807, 2.05) is 0 Å². The van der Waals surface area contributed by atoms with E-state index < -0.39 is 36.4 Å². The number of carbonyl (C=O) groups excluding carboxylic acids is 5. The van der Waals surface area contributed by atoms with Crippen molar-refractivity contribution in [3.63, 3.8) is 0 Å². The van der Waals surface area contributed by atoms with Gasteiger partial charge in [-0.05, 0) is 84.9 Å². The monoisotopic (exact) mass is 632 g/mol. The van der Waals surface area contributed by atoms with Gasteiger partial charge in [-0.25, -0.2) is 0 Å². The van der Waals surface area contributed by atoms with Crippen LogP contribution in [-0.2, 0) is 42.9 Å². The lowest BCUT2D eigenvalue weighted by atomic mass is 9.43. The van der Waals surface area contributed by atoms with Crippen LogP contribution in [-0.4, -0.2) is 54.1 Å². The Hall–Kier alpha value is -2.45. The lowest BCUT2D eigenvalue weighted by Gasteiger charge is -2.61. The summed E-state index contributed by atoms with van der Waals surface area (Å²) in [6.45, 7) is 18.5. The highest BCUT2D eigenvalue weighted by atomic mass is 16.6. The van der Waals surface area contributed by atoms with Gasteiger partial charge in [0.15, 0.2) is 0 Å². The van der Waals surface area contributed by atoms with Crippen molar-refractivity contribution >= 4 is 29.7 Å². The molecular formula is C36H56O9. The van der Waals surface area contributed by atoms with Crippen LogP contribution >= 0.6 is 0 Å². The first-order chi connectivity index (χ1) is 20.9. The Bertz CT molecular complexity index is 1160. The maximum Gasteiger partial charge on any atom is 0.303 e. The summed E-state index contributed by atoms with van der Waals surface area (Å²) in [6, 6.07) is 0. The third-order valence-corrected chi connectivity index (χ3v) is 12.8. The summed E-state index contributed by atoms with van der Waals surface area (Å²) in [5.41, 5.74) is -0.441. The van der Waals surface area contributed by atoms with Gasteiger partial charge in [0, 0.05) is 46.0 Å². The molecule has 254 valence electrons. The fourth-order valence-electron chi connectivity index (χ4n) is 10.5. The number of hydrogen-bond acceptors (Lipinski definition) is 9. The van der Waals surface area contributed by atoms with Gasteiger partial charge in [-0.2, -0.15) is 0 Å². The van der Waals surface area contributed by atoms with Gasteiger partial charge in [0.05, 0.1) is 0 Å². The minimum absolute atomic E-state index is 0.0124. The molecule has 4 aliphatic rings. The van der Waals surface area contributed by atoms with Crippen LogP contribution in [0.15, 0.2) is 0 Å². The zero-order valence-corrected chi connectivity index (χ0v) is 29.1. The third-order valence-electron chi connectivity index (χ3n) is 12.8. The number of fused-ring (bicyclic) bond motifs is 5. The molecule has 0 aromatic heterocycles. The molecule has 0 aromatic rings. The summed E-state index contributed by atoms with van der Waals surface area (Å²) in [6.07, 6.45) is 2.91. The van der Waals surface area contributed by atoms with Crippen molar-refractivity contribution in [3.8, 4) is 0 Å². The second-order valence-corrected chi connectivity index (χ2v) is 15.7. The third kappa shape index (κ3) is 6.83. The molecule has 0 amide bonds. The molecule has 13 atom stereocenters. The molecule has 4 rings (SSSR count). The topological polar surface area (TPSA) is 122 Å². The van der Waals surface area contributed by atoms with E-state index in [1.165, 1.54) is 27.7 Å². The predicted molar refractivity (Wildman–Crippen MR) is 166 cm³/mol. The molecule has 45 heavy (non-hydrogen) atoms. The van der Waals surface area contributed by atoms with Crippen molar-refractivity contribution in [2.75, 3.05) is 0 Å². The summed E-state index contributed by atoms with van der Waals surface area (Å²) < 4.78 is 23.3. The first-order valence-corrected chi connectivity index (χ1v) is 17.1. The minimum atomic E-state index is -0.618. The summed E-state index contributed by atoms with van der Waals surface area (Å²) in [7, 11) is 0. The van der Waals surface area contributed by atoms with Crippen molar-refractivity contribution in [1.82, 2.24) is 0 Å². The standard InChI is InChI=1S/C36H56O9/c1-18(2)19(3)33(44-23(7)39)34(45-24(8)40)20(4)26-11-12-27-25-15-30(41)29-16-31(42-21(5)37)32(43-22(6)38)17-36(29,10)28(25)13-14-35(26,27)9/h18-20,25-29,31-34H,11-17H2,1-10H3/t19-,20-,25-,26+,27-,28-,29+,31-,32+,33+,34+,35+,36+/m0/s1. The molecule has 0 aromatic carbocycles. The van der Waals surface area contributed by atoms with E-state index in [4.69, 9.17) is 18.9 Å². The first-order valence-electron chi connectivity index (χ1n) is 17.1. The summed E-state index contributed by atoms with van der Waals surface area (Å²) in [4.78, 5) is 62.6. The number of carbonyl (C=O) groups is 5. The van der Waals surface area contributed by atoms with Crippen LogP contribution < -0.4 is 0 Å². The quantitative estimate of drug-likeness (QED) is 0.220. The zero-order chi connectivity index (χ0) is 33.6. The Morgan fingerprint density at radius 3 is 1.84 bits per heavy atom. The number of ketones is 1. The van der Waals surface area contributed by atoms with Crippen molar-refractivity contribution in [2.45, 2.75) is 139 Å². The van der Waals surface area contributed by atoms with Gasteiger partial charge in [-0.1, -0.05) is 41.5 Å². The van der Waals surface area contributed by atoms with Gasteiger partial charge in [0.25, 0.3) is 0 Å². The number of hydrogen-bond donors (Lipinski definition) is 0. The molecule has 0 saturated heterocycles. The Morgan fingerprint density at radius 1 is 0.733 bits per heavy atom. The Kier molecular flexibility index (Phi) is 10.5. The predicted octanol–water partition coefficient (Wildman–Crippen LogP) is 6.09. The Balaban J connectivity index is 1.63. The molecule has 0 bridgehead atoms. The van der Waals surface area contributed by atoms with Crippen LogP contribution in [0.1, 0.15) is 114 Å². The maximum atomic E-state index is 14.0. The van der Waals surface area contributed by atoms with Crippen LogP contribution in [0.5, 0.6) is 0 Å². The van der Waals surface area contributed by atoms with Crippen LogP contribution in [0.2, 0.25) is 0 Å². The van der Waals surface area contributed by atoms with E-state index in [9.17, 15) is 24.0 Å². The highest BCUT2D eigenvalue weighted by Gasteiger charge is 2.65. The van der Waals surface area contributed by atoms with E-state index >= 15 is 0 Å². The first kappa shape index (κ1) is 35.4. The van der Waals surface area contributed by atoms with Crippen LogP contribution in [0.3, 0.4) is 0 Å². The highest BCUT2D eigenvalue weighted by Crippen LogP contribution is 2.68. The number of esters is 4. The maximum absolute atomic E-state index is 14.0. The molecule has 0 N–H and O–H groups in total. The number of ether oxygens (including phenoxy) is 4. The van der Waals surface area contributed by atoms with Crippen molar-refractivity contribution in [3.05, 3.63) is 0 Å². The molecule has 0 radical (unpaired) electrons. The molecule has 9 heteroatoms. The molecule has 9 nitrogen and oxygen atoms in total. The average Bonchev–Trinajstić information content (AvgIpc) is 3.27. The smallest absolute Gasteiger partial charge is 0.303 e. The van der Waals surface area contributed by atoms with Gasteiger partial charge in [0.2, 0.25) is 0 Å². The molecule has 0 aliphatic heterocycles. The molecule has 4 fully saturated rings. The largest absolute Gasteiger partial charge is 0.459 e. The van der Waals surface area contributed by atoms with E-state index in [0.717, 1.165) is 25.7 Å². The normalized spacial score (nSPS) is 38.5. The molecule has 4 saturated carbocycles. The molecule has 0 spiro atoms. The molecule has 4 aliphatic carbocycles. The second kappa shape index (κ2) is 13.3. The fourth-order valence-corrected chi connectivity index (χ4v) is 10.5. The number of rotatable bonds is 9.